The topological polar surface area (TPSA) is 25.8 Å². The van der Waals surface area contributed by atoms with E-state index in [1.165, 1.54) is 58.4 Å². The Morgan fingerprint density at radius 3 is 1.69 bits per heavy atom. The second-order valence-corrected chi connectivity index (χ2v) is 13.6. The zero-order valence-electron chi connectivity index (χ0n) is 26.5. The van der Waals surface area contributed by atoms with Crippen LogP contribution < -0.4 is 0 Å². The number of hydrogen-bond acceptors (Lipinski definition) is 3. The van der Waals surface area contributed by atoms with Crippen LogP contribution in [0.4, 0.5) is 0 Å². The normalized spacial score (nSPS) is 11.7. The lowest BCUT2D eigenvalue weighted by molar-refractivity contribution is 1.23. The van der Waals surface area contributed by atoms with E-state index in [2.05, 4.69) is 170 Å². The van der Waals surface area contributed by atoms with Gasteiger partial charge in [-0.3, -0.25) is 0 Å². The van der Waals surface area contributed by atoms with Crippen molar-refractivity contribution in [3.8, 4) is 44.9 Å². The van der Waals surface area contributed by atoms with E-state index in [0.717, 1.165) is 39.1 Å². The summed E-state index contributed by atoms with van der Waals surface area (Å²) in [6.45, 7) is 0. The van der Waals surface area contributed by atoms with Gasteiger partial charge in [0.2, 0.25) is 0 Å². The highest BCUT2D eigenvalue weighted by molar-refractivity contribution is 7.26. The van der Waals surface area contributed by atoms with Crippen molar-refractivity contribution in [2.24, 2.45) is 0 Å². The van der Waals surface area contributed by atoms with Crippen molar-refractivity contribution in [3.05, 3.63) is 170 Å². The highest BCUT2D eigenvalue weighted by atomic mass is 32.1. The van der Waals surface area contributed by atoms with Crippen LogP contribution in [-0.2, 0) is 0 Å². The smallest absolute Gasteiger partial charge is 0.160 e. The fourth-order valence-corrected chi connectivity index (χ4v) is 8.41. The summed E-state index contributed by atoms with van der Waals surface area (Å²) in [5, 5.41) is 8.46. The number of benzene rings is 8. The summed E-state index contributed by atoms with van der Waals surface area (Å²) in [6, 6.07) is 60.8. The first-order chi connectivity index (χ1) is 24.3. The first-order valence-electron chi connectivity index (χ1n) is 16.6. The van der Waals surface area contributed by atoms with Gasteiger partial charge >= 0.3 is 0 Å². The second-order valence-electron chi connectivity index (χ2n) is 12.6. The van der Waals surface area contributed by atoms with Gasteiger partial charge in [-0.2, -0.15) is 0 Å². The predicted octanol–water partition coefficient (Wildman–Crippen LogP) is 13.0. The molecule has 0 fully saturated rings. The van der Waals surface area contributed by atoms with Crippen LogP contribution in [-0.4, -0.2) is 9.97 Å². The fourth-order valence-electron chi connectivity index (χ4n) is 7.17. The van der Waals surface area contributed by atoms with Gasteiger partial charge in [0, 0.05) is 36.7 Å². The molecular weight excluding hydrogens is 613 g/mol. The average molecular weight is 641 g/mol. The van der Waals surface area contributed by atoms with Crippen molar-refractivity contribution < 1.29 is 0 Å². The Kier molecular flexibility index (Phi) is 6.39. The molecule has 0 aliphatic carbocycles. The molecule has 0 saturated heterocycles. The van der Waals surface area contributed by atoms with E-state index in [1.807, 2.05) is 11.3 Å². The van der Waals surface area contributed by atoms with E-state index in [1.54, 1.807) is 0 Å². The van der Waals surface area contributed by atoms with Crippen LogP contribution in [0.1, 0.15) is 0 Å². The molecule has 0 radical (unpaired) electrons. The molecule has 0 aliphatic heterocycles. The van der Waals surface area contributed by atoms with Gasteiger partial charge in [-0.1, -0.05) is 152 Å². The molecule has 0 N–H and O–H groups in total. The van der Waals surface area contributed by atoms with Crippen LogP contribution in [0, 0.1) is 0 Å². The van der Waals surface area contributed by atoms with Crippen LogP contribution in [0.3, 0.4) is 0 Å². The minimum absolute atomic E-state index is 0.731. The molecule has 0 unspecified atom stereocenters. The first kappa shape index (κ1) is 27.9. The maximum absolute atomic E-state index is 5.37. The lowest BCUT2D eigenvalue weighted by Crippen LogP contribution is -1.96. The van der Waals surface area contributed by atoms with E-state index >= 15 is 0 Å². The number of fused-ring (bicyclic) bond motifs is 8. The highest BCUT2D eigenvalue weighted by Crippen LogP contribution is 2.43. The van der Waals surface area contributed by atoms with Crippen LogP contribution in [0.2, 0.25) is 0 Å². The third-order valence-corrected chi connectivity index (χ3v) is 10.9. The third kappa shape index (κ3) is 4.70. The highest BCUT2D eigenvalue weighted by Gasteiger charge is 2.18. The Morgan fingerprint density at radius 1 is 0.367 bits per heavy atom. The molecule has 10 aromatic rings. The van der Waals surface area contributed by atoms with E-state index in [9.17, 15) is 0 Å². The van der Waals surface area contributed by atoms with Crippen LogP contribution in [0.25, 0.3) is 97.5 Å². The zero-order valence-corrected chi connectivity index (χ0v) is 27.3. The predicted molar refractivity (Wildman–Crippen MR) is 209 cm³/mol. The molecule has 0 atom stereocenters. The lowest BCUT2D eigenvalue weighted by Gasteiger charge is -2.12. The zero-order chi connectivity index (χ0) is 32.3. The molecular formula is C46H28N2S. The van der Waals surface area contributed by atoms with Gasteiger partial charge in [0.25, 0.3) is 0 Å². The van der Waals surface area contributed by atoms with Crippen LogP contribution in [0.15, 0.2) is 170 Å². The van der Waals surface area contributed by atoms with Crippen LogP contribution in [0.5, 0.6) is 0 Å². The van der Waals surface area contributed by atoms with Gasteiger partial charge in [-0.15, -0.1) is 11.3 Å². The number of hydrogen-bond donors (Lipinski definition) is 0. The largest absolute Gasteiger partial charge is 0.227 e. The maximum Gasteiger partial charge on any atom is 0.160 e. The number of aromatic nitrogens is 2. The van der Waals surface area contributed by atoms with E-state index in [0.29, 0.717) is 0 Å². The number of rotatable bonds is 4. The average Bonchev–Trinajstić information content (AvgIpc) is 3.58. The number of thiophene rings is 1. The molecule has 3 heteroatoms. The minimum atomic E-state index is 0.731. The Labute approximate surface area is 287 Å². The molecule has 2 heterocycles. The SMILES string of the molecule is c1ccc(-c2ccc(-c3ccc(-c4nc(-c5ccc6ccccc6c5)c5ccc6sc7c8ccccc8ccc7c6c5n4)cc3)cc2)cc1. The summed E-state index contributed by atoms with van der Waals surface area (Å²) in [7, 11) is 0. The Bertz CT molecular complexity index is 2850. The molecule has 0 aliphatic rings. The van der Waals surface area contributed by atoms with Gasteiger partial charge in [-0.25, -0.2) is 9.97 Å². The monoisotopic (exact) mass is 640 g/mol. The summed E-state index contributed by atoms with van der Waals surface area (Å²) in [6.07, 6.45) is 0. The Hall–Kier alpha value is -6.16. The number of nitrogens with zero attached hydrogens (tertiary/aromatic N) is 2. The van der Waals surface area contributed by atoms with Crippen molar-refractivity contribution in [2.45, 2.75) is 0 Å². The van der Waals surface area contributed by atoms with E-state index in [-0.39, 0.29) is 0 Å². The lowest BCUT2D eigenvalue weighted by atomic mass is 9.98. The van der Waals surface area contributed by atoms with E-state index < -0.39 is 0 Å². The molecule has 228 valence electrons. The minimum Gasteiger partial charge on any atom is -0.227 e. The molecule has 0 spiro atoms. The fraction of sp³-hybridized carbons (Fsp3) is 0. The van der Waals surface area contributed by atoms with Gasteiger partial charge in [0.05, 0.1) is 11.2 Å². The first-order valence-corrected chi connectivity index (χ1v) is 17.4. The van der Waals surface area contributed by atoms with Crippen molar-refractivity contribution in [2.75, 3.05) is 0 Å². The summed E-state index contributed by atoms with van der Waals surface area (Å²) in [5.74, 6) is 0.731. The van der Waals surface area contributed by atoms with Crippen LogP contribution >= 0.6 is 11.3 Å². The summed E-state index contributed by atoms with van der Waals surface area (Å²) >= 11 is 1.85. The molecule has 10 rings (SSSR count). The summed E-state index contributed by atoms with van der Waals surface area (Å²) < 4.78 is 2.54. The molecule has 2 aromatic heterocycles. The molecule has 8 aromatic carbocycles. The Morgan fingerprint density at radius 2 is 0.939 bits per heavy atom. The Balaban J connectivity index is 1.15. The molecule has 49 heavy (non-hydrogen) atoms. The van der Waals surface area contributed by atoms with E-state index in [4.69, 9.17) is 9.97 Å². The molecule has 0 saturated carbocycles. The summed E-state index contributed by atoms with van der Waals surface area (Å²) in [5.41, 5.74) is 8.81. The van der Waals surface area contributed by atoms with Gasteiger partial charge in [-0.05, 0) is 62.0 Å². The van der Waals surface area contributed by atoms with Crippen molar-refractivity contribution in [3.63, 3.8) is 0 Å². The summed E-state index contributed by atoms with van der Waals surface area (Å²) in [4.78, 5) is 10.7. The van der Waals surface area contributed by atoms with Crippen molar-refractivity contribution in [1.82, 2.24) is 9.97 Å². The molecule has 2 nitrogen and oxygen atoms in total. The van der Waals surface area contributed by atoms with Gasteiger partial charge in [0.1, 0.15) is 0 Å². The van der Waals surface area contributed by atoms with Crippen molar-refractivity contribution >= 4 is 64.0 Å². The second kappa shape index (κ2) is 11.2. The van der Waals surface area contributed by atoms with Gasteiger partial charge in [0.15, 0.2) is 5.82 Å². The maximum atomic E-state index is 5.37. The third-order valence-electron chi connectivity index (χ3n) is 9.68. The van der Waals surface area contributed by atoms with Crippen molar-refractivity contribution in [1.29, 1.82) is 0 Å². The van der Waals surface area contributed by atoms with Gasteiger partial charge < -0.3 is 0 Å². The quantitative estimate of drug-likeness (QED) is 0.191. The standard InChI is InChI=1S/C46H28N2S/c1-2-8-29(9-3-1)31-14-16-32(17-15-31)33-18-21-35(22-19-33)46-47-43(37-23-20-30-10-4-5-12-36(30)28-37)40-26-27-41-42(44(40)48-46)39-25-24-34-11-6-7-13-38(34)45(39)49-41/h1-28H. The molecule has 0 amide bonds. The molecule has 0 bridgehead atoms.